The Bertz CT molecular complexity index is 317. The maximum Gasteiger partial charge on any atom is 0.0480 e. The van der Waals surface area contributed by atoms with Crippen LogP contribution >= 0.6 is 8.15 Å². The molecule has 1 fully saturated rings. The van der Waals surface area contributed by atoms with Crippen LogP contribution in [-0.4, -0.2) is 36.9 Å². The number of benzene rings is 1. The minimum atomic E-state index is -0.141. The molecule has 94 valence electrons. The van der Waals surface area contributed by atoms with Crippen molar-refractivity contribution in [3.8, 4) is 0 Å². The summed E-state index contributed by atoms with van der Waals surface area (Å²) in [5.41, 5.74) is 1.43. The van der Waals surface area contributed by atoms with Gasteiger partial charge >= 0.3 is 0 Å². The molecule has 1 aromatic carbocycles. The Morgan fingerprint density at radius 2 is 2.00 bits per heavy atom. The second-order valence-electron chi connectivity index (χ2n) is 4.46. The van der Waals surface area contributed by atoms with Gasteiger partial charge < -0.3 is 4.52 Å². The molecular weight excluding hydrogens is 229 g/mol. The predicted octanol–water partition coefficient (Wildman–Crippen LogP) is 3.33. The minimum Gasteiger partial charge on any atom is -0.359 e. The van der Waals surface area contributed by atoms with E-state index in [4.69, 9.17) is 4.52 Å². The topological polar surface area (TPSA) is 12.5 Å². The van der Waals surface area contributed by atoms with Crippen LogP contribution in [0.4, 0.5) is 0 Å². The van der Waals surface area contributed by atoms with Crippen molar-refractivity contribution >= 4 is 8.15 Å². The number of rotatable bonds is 4. The molecule has 0 amide bonds. The molecule has 0 aromatic heterocycles. The van der Waals surface area contributed by atoms with Gasteiger partial charge in [0.2, 0.25) is 0 Å². The Hall–Kier alpha value is -0.430. The second kappa shape index (κ2) is 7.10. The molecule has 1 unspecified atom stereocenters. The predicted molar refractivity (Wildman–Crippen MR) is 74.6 cm³/mol. The zero-order valence-corrected chi connectivity index (χ0v) is 11.5. The Morgan fingerprint density at radius 1 is 1.18 bits per heavy atom. The van der Waals surface area contributed by atoms with Crippen LogP contribution in [0.3, 0.4) is 0 Å². The van der Waals surface area contributed by atoms with Crippen molar-refractivity contribution in [1.82, 2.24) is 4.90 Å². The van der Waals surface area contributed by atoms with Crippen molar-refractivity contribution in [3.05, 3.63) is 35.9 Å². The van der Waals surface area contributed by atoms with E-state index in [0.29, 0.717) is 0 Å². The van der Waals surface area contributed by atoms with Crippen LogP contribution in [0.2, 0.25) is 0 Å². The van der Waals surface area contributed by atoms with Gasteiger partial charge in [-0.3, -0.25) is 4.90 Å². The van der Waals surface area contributed by atoms with Crippen molar-refractivity contribution in [2.45, 2.75) is 19.9 Å². The van der Waals surface area contributed by atoms with E-state index in [1.165, 1.54) is 37.4 Å². The van der Waals surface area contributed by atoms with Crippen molar-refractivity contribution < 1.29 is 4.52 Å². The van der Waals surface area contributed by atoms with Gasteiger partial charge in [-0.1, -0.05) is 30.3 Å². The molecular formula is C14H22NOP. The number of hydrogen-bond acceptors (Lipinski definition) is 2. The summed E-state index contributed by atoms with van der Waals surface area (Å²) in [7, 11) is -0.141. The SMILES string of the molecule is CCOP1CCCN(Cc2ccccc2)CC1. The molecule has 2 nitrogen and oxygen atoms in total. The van der Waals surface area contributed by atoms with Gasteiger partial charge in [0.15, 0.2) is 0 Å². The molecule has 2 rings (SSSR count). The van der Waals surface area contributed by atoms with Gasteiger partial charge in [-0.2, -0.15) is 0 Å². The monoisotopic (exact) mass is 251 g/mol. The van der Waals surface area contributed by atoms with Gasteiger partial charge in [-0.15, -0.1) is 0 Å². The van der Waals surface area contributed by atoms with Crippen LogP contribution < -0.4 is 0 Å². The lowest BCUT2D eigenvalue weighted by molar-refractivity contribution is 0.286. The summed E-state index contributed by atoms with van der Waals surface area (Å²) >= 11 is 0. The van der Waals surface area contributed by atoms with Crippen LogP contribution in [0.5, 0.6) is 0 Å². The van der Waals surface area contributed by atoms with Gasteiger partial charge in [0.25, 0.3) is 0 Å². The van der Waals surface area contributed by atoms with Gasteiger partial charge in [0.05, 0.1) is 0 Å². The lowest BCUT2D eigenvalue weighted by atomic mass is 10.2. The first kappa shape index (κ1) is 13.0. The van der Waals surface area contributed by atoms with E-state index in [2.05, 4.69) is 42.2 Å². The average Bonchev–Trinajstić information content (AvgIpc) is 2.57. The van der Waals surface area contributed by atoms with Crippen molar-refractivity contribution in [1.29, 1.82) is 0 Å². The van der Waals surface area contributed by atoms with Gasteiger partial charge in [0.1, 0.15) is 0 Å². The first-order valence-electron chi connectivity index (χ1n) is 6.52. The van der Waals surface area contributed by atoms with E-state index in [-0.39, 0.29) is 8.15 Å². The fourth-order valence-electron chi connectivity index (χ4n) is 2.26. The lowest BCUT2D eigenvalue weighted by Gasteiger charge is -2.20. The average molecular weight is 251 g/mol. The second-order valence-corrected chi connectivity index (χ2v) is 6.58. The van der Waals surface area contributed by atoms with Gasteiger partial charge in [-0.25, -0.2) is 0 Å². The maximum absolute atomic E-state index is 5.80. The summed E-state index contributed by atoms with van der Waals surface area (Å²) in [5.74, 6) is 0. The molecule has 3 heteroatoms. The van der Waals surface area contributed by atoms with E-state index in [9.17, 15) is 0 Å². The highest BCUT2D eigenvalue weighted by atomic mass is 31.1. The van der Waals surface area contributed by atoms with Crippen molar-refractivity contribution in [2.24, 2.45) is 0 Å². The fraction of sp³-hybridized carbons (Fsp3) is 0.571. The third-order valence-electron chi connectivity index (χ3n) is 3.11. The molecule has 0 N–H and O–H groups in total. The standard InChI is InChI=1S/C14H22NOP/c1-2-16-17-11-6-9-15(10-12-17)13-14-7-4-3-5-8-14/h3-5,7-8H,2,6,9-13H2,1H3. The highest BCUT2D eigenvalue weighted by Crippen LogP contribution is 2.38. The highest BCUT2D eigenvalue weighted by molar-refractivity contribution is 7.52. The molecule has 1 aliphatic heterocycles. The fourth-order valence-corrected chi connectivity index (χ4v) is 4.11. The molecule has 1 atom stereocenters. The molecule has 0 spiro atoms. The van der Waals surface area contributed by atoms with Crippen molar-refractivity contribution in [2.75, 3.05) is 32.0 Å². The van der Waals surface area contributed by atoms with Gasteiger partial charge in [-0.05, 0) is 31.6 Å². The summed E-state index contributed by atoms with van der Waals surface area (Å²) in [4.78, 5) is 2.57. The summed E-state index contributed by atoms with van der Waals surface area (Å²) < 4.78 is 5.80. The van der Waals surface area contributed by atoms with Crippen LogP contribution in [0.25, 0.3) is 0 Å². The summed E-state index contributed by atoms with van der Waals surface area (Å²) in [6.07, 6.45) is 3.82. The summed E-state index contributed by atoms with van der Waals surface area (Å²) in [5, 5.41) is 0. The molecule has 1 aliphatic rings. The lowest BCUT2D eigenvalue weighted by Crippen LogP contribution is -2.25. The summed E-state index contributed by atoms with van der Waals surface area (Å²) in [6.45, 7) is 6.50. The van der Waals surface area contributed by atoms with Gasteiger partial charge in [0, 0.05) is 34.0 Å². The smallest absolute Gasteiger partial charge is 0.0480 e. The minimum absolute atomic E-state index is 0.141. The van der Waals surface area contributed by atoms with E-state index >= 15 is 0 Å². The third kappa shape index (κ3) is 4.39. The zero-order chi connectivity index (χ0) is 11.9. The van der Waals surface area contributed by atoms with E-state index in [1.54, 1.807) is 0 Å². The Morgan fingerprint density at radius 3 is 2.76 bits per heavy atom. The zero-order valence-electron chi connectivity index (χ0n) is 10.6. The normalized spacial score (nSPS) is 22.3. The first-order chi connectivity index (χ1) is 8.38. The molecule has 1 saturated heterocycles. The van der Waals surface area contributed by atoms with E-state index in [1.807, 2.05) is 0 Å². The number of nitrogens with zero attached hydrogens (tertiary/aromatic N) is 1. The van der Waals surface area contributed by atoms with E-state index < -0.39 is 0 Å². The molecule has 1 aromatic rings. The quantitative estimate of drug-likeness (QED) is 0.761. The highest BCUT2D eigenvalue weighted by Gasteiger charge is 2.16. The first-order valence-corrected chi connectivity index (χ1v) is 8.15. The Labute approximate surface area is 106 Å². The Kier molecular flexibility index (Phi) is 5.44. The van der Waals surface area contributed by atoms with Crippen molar-refractivity contribution in [3.63, 3.8) is 0 Å². The largest absolute Gasteiger partial charge is 0.359 e. The van der Waals surface area contributed by atoms with Crippen LogP contribution in [0, 0.1) is 0 Å². The van der Waals surface area contributed by atoms with Crippen LogP contribution in [0.15, 0.2) is 30.3 Å². The van der Waals surface area contributed by atoms with Crippen LogP contribution in [-0.2, 0) is 11.1 Å². The molecule has 0 radical (unpaired) electrons. The molecule has 17 heavy (non-hydrogen) atoms. The summed E-state index contributed by atoms with van der Waals surface area (Å²) in [6, 6.07) is 10.8. The molecule has 1 heterocycles. The maximum atomic E-state index is 5.80. The Balaban J connectivity index is 1.83. The number of hydrogen-bond donors (Lipinski definition) is 0. The molecule has 0 saturated carbocycles. The third-order valence-corrected chi connectivity index (χ3v) is 5.25. The van der Waals surface area contributed by atoms with Crippen LogP contribution in [0.1, 0.15) is 18.9 Å². The molecule has 0 bridgehead atoms. The van der Waals surface area contributed by atoms with E-state index in [0.717, 1.165) is 13.2 Å². The molecule has 0 aliphatic carbocycles.